The second kappa shape index (κ2) is 8.81. The molecule has 1 aliphatic rings. The number of ether oxygens (including phenoxy) is 1. The van der Waals surface area contributed by atoms with Gasteiger partial charge < -0.3 is 10.1 Å². The molecule has 126 valence electrons. The quantitative estimate of drug-likeness (QED) is 0.747. The summed E-state index contributed by atoms with van der Waals surface area (Å²) in [5, 5.41) is 3.86. The maximum Gasteiger partial charge on any atom is 0.233 e. The van der Waals surface area contributed by atoms with Crippen molar-refractivity contribution < 1.29 is 17.9 Å². The number of rotatable bonds is 8. The SMILES string of the molecule is O=C(CCNS(=O)(=O)/C=C/c1ccccc1)NCC1CCCO1. The molecular weight excluding hydrogens is 316 g/mol. The summed E-state index contributed by atoms with van der Waals surface area (Å²) in [6, 6.07) is 9.14. The Kier molecular flexibility index (Phi) is 6.76. The van der Waals surface area contributed by atoms with E-state index in [0.29, 0.717) is 6.54 Å². The van der Waals surface area contributed by atoms with Crippen LogP contribution in [0.4, 0.5) is 0 Å². The summed E-state index contributed by atoms with van der Waals surface area (Å²) in [7, 11) is -3.54. The van der Waals surface area contributed by atoms with Gasteiger partial charge in [0.2, 0.25) is 15.9 Å². The molecule has 7 heteroatoms. The number of benzene rings is 1. The van der Waals surface area contributed by atoms with E-state index in [9.17, 15) is 13.2 Å². The van der Waals surface area contributed by atoms with Gasteiger partial charge in [-0.05, 0) is 24.5 Å². The fourth-order valence-electron chi connectivity index (χ4n) is 2.21. The Balaban J connectivity index is 1.67. The Morgan fingerprint density at radius 2 is 2.09 bits per heavy atom. The molecule has 1 atom stereocenters. The lowest BCUT2D eigenvalue weighted by Gasteiger charge is -2.10. The van der Waals surface area contributed by atoms with E-state index in [1.165, 1.54) is 6.08 Å². The third-order valence-corrected chi connectivity index (χ3v) is 4.55. The Morgan fingerprint density at radius 3 is 2.78 bits per heavy atom. The maximum atomic E-state index is 11.8. The van der Waals surface area contributed by atoms with Crippen molar-refractivity contribution in [1.82, 2.24) is 10.0 Å². The topological polar surface area (TPSA) is 84.5 Å². The number of carbonyl (C=O) groups is 1. The van der Waals surface area contributed by atoms with Crippen LogP contribution in [0, 0.1) is 0 Å². The first-order valence-corrected chi connectivity index (χ1v) is 9.21. The predicted molar refractivity (Wildman–Crippen MR) is 89.0 cm³/mol. The molecule has 1 aliphatic heterocycles. The van der Waals surface area contributed by atoms with Crippen molar-refractivity contribution in [3.63, 3.8) is 0 Å². The van der Waals surface area contributed by atoms with Crippen LogP contribution in [0.2, 0.25) is 0 Å². The molecule has 2 rings (SSSR count). The Hall–Kier alpha value is -1.70. The number of hydrogen-bond donors (Lipinski definition) is 2. The number of hydrogen-bond acceptors (Lipinski definition) is 4. The van der Waals surface area contributed by atoms with Gasteiger partial charge in [0, 0.05) is 31.5 Å². The van der Waals surface area contributed by atoms with Gasteiger partial charge in [-0.3, -0.25) is 4.79 Å². The number of amides is 1. The van der Waals surface area contributed by atoms with Gasteiger partial charge in [0.1, 0.15) is 0 Å². The monoisotopic (exact) mass is 338 g/mol. The Bertz CT molecular complexity index is 623. The molecule has 1 heterocycles. The van der Waals surface area contributed by atoms with Crippen LogP contribution in [0.5, 0.6) is 0 Å². The molecule has 0 aliphatic carbocycles. The zero-order valence-electron chi connectivity index (χ0n) is 12.9. The van der Waals surface area contributed by atoms with Gasteiger partial charge in [-0.2, -0.15) is 0 Å². The molecule has 0 spiro atoms. The summed E-state index contributed by atoms with van der Waals surface area (Å²) in [4.78, 5) is 11.6. The molecule has 6 nitrogen and oxygen atoms in total. The first kappa shape index (κ1) is 17.7. The molecule has 1 aromatic carbocycles. The molecule has 0 bridgehead atoms. The van der Waals surface area contributed by atoms with Crippen molar-refractivity contribution in [2.75, 3.05) is 19.7 Å². The van der Waals surface area contributed by atoms with E-state index in [-0.39, 0.29) is 25.0 Å². The summed E-state index contributed by atoms with van der Waals surface area (Å²) in [6.07, 6.45) is 3.68. The number of carbonyl (C=O) groups excluding carboxylic acids is 1. The Labute approximate surface area is 137 Å². The second-order valence-corrected chi connectivity index (χ2v) is 6.99. The Morgan fingerprint density at radius 1 is 1.30 bits per heavy atom. The lowest BCUT2D eigenvalue weighted by atomic mass is 10.2. The van der Waals surface area contributed by atoms with Crippen molar-refractivity contribution >= 4 is 22.0 Å². The molecular formula is C16H22N2O4S. The highest BCUT2D eigenvalue weighted by molar-refractivity contribution is 7.92. The average Bonchev–Trinajstić information content (AvgIpc) is 3.05. The smallest absolute Gasteiger partial charge is 0.233 e. The maximum absolute atomic E-state index is 11.8. The third-order valence-electron chi connectivity index (χ3n) is 3.45. The van der Waals surface area contributed by atoms with Crippen LogP contribution >= 0.6 is 0 Å². The van der Waals surface area contributed by atoms with Crippen LogP contribution in [0.1, 0.15) is 24.8 Å². The fourth-order valence-corrected chi connectivity index (χ4v) is 3.03. The fraction of sp³-hybridized carbons (Fsp3) is 0.438. The molecule has 2 N–H and O–H groups in total. The van der Waals surface area contributed by atoms with Crippen LogP contribution in [-0.4, -0.2) is 40.1 Å². The van der Waals surface area contributed by atoms with E-state index in [1.807, 2.05) is 30.3 Å². The minimum Gasteiger partial charge on any atom is -0.376 e. The van der Waals surface area contributed by atoms with Crippen LogP contribution in [-0.2, 0) is 19.6 Å². The highest BCUT2D eigenvalue weighted by atomic mass is 32.2. The summed E-state index contributed by atoms with van der Waals surface area (Å²) >= 11 is 0. The van der Waals surface area contributed by atoms with E-state index < -0.39 is 10.0 Å². The lowest BCUT2D eigenvalue weighted by Crippen LogP contribution is -2.34. The van der Waals surface area contributed by atoms with Crippen molar-refractivity contribution in [2.45, 2.75) is 25.4 Å². The van der Waals surface area contributed by atoms with Gasteiger partial charge in [-0.15, -0.1) is 0 Å². The average molecular weight is 338 g/mol. The van der Waals surface area contributed by atoms with Gasteiger partial charge in [-0.1, -0.05) is 30.3 Å². The summed E-state index contributed by atoms with van der Waals surface area (Å²) in [5.74, 6) is -0.185. The first-order valence-electron chi connectivity index (χ1n) is 7.66. The van der Waals surface area contributed by atoms with Gasteiger partial charge in [-0.25, -0.2) is 13.1 Å². The van der Waals surface area contributed by atoms with Crippen molar-refractivity contribution in [2.24, 2.45) is 0 Å². The van der Waals surface area contributed by atoms with Crippen LogP contribution in [0.3, 0.4) is 0 Å². The summed E-state index contributed by atoms with van der Waals surface area (Å²) < 4.78 is 31.4. The van der Waals surface area contributed by atoms with Gasteiger partial charge in [0.25, 0.3) is 0 Å². The molecule has 1 amide bonds. The molecule has 1 aromatic rings. The lowest BCUT2D eigenvalue weighted by molar-refractivity contribution is -0.121. The van der Waals surface area contributed by atoms with Crippen molar-refractivity contribution in [3.8, 4) is 0 Å². The molecule has 1 saturated heterocycles. The number of nitrogens with one attached hydrogen (secondary N) is 2. The normalized spacial score (nSPS) is 18.3. The van der Waals surface area contributed by atoms with Gasteiger partial charge >= 0.3 is 0 Å². The third kappa shape index (κ3) is 6.94. The van der Waals surface area contributed by atoms with Crippen LogP contribution < -0.4 is 10.0 Å². The van der Waals surface area contributed by atoms with Crippen molar-refractivity contribution in [3.05, 3.63) is 41.3 Å². The van der Waals surface area contributed by atoms with Crippen molar-refractivity contribution in [1.29, 1.82) is 0 Å². The summed E-state index contributed by atoms with van der Waals surface area (Å²) in [5.41, 5.74) is 0.798. The highest BCUT2D eigenvalue weighted by Crippen LogP contribution is 2.10. The summed E-state index contributed by atoms with van der Waals surface area (Å²) in [6.45, 7) is 1.30. The van der Waals surface area contributed by atoms with E-state index in [0.717, 1.165) is 30.4 Å². The minimum absolute atomic E-state index is 0.0683. The zero-order valence-corrected chi connectivity index (χ0v) is 13.7. The predicted octanol–water partition coefficient (Wildman–Crippen LogP) is 1.26. The molecule has 0 aromatic heterocycles. The second-order valence-electron chi connectivity index (χ2n) is 5.34. The van der Waals surface area contributed by atoms with Crippen LogP contribution in [0.25, 0.3) is 6.08 Å². The minimum atomic E-state index is -3.54. The standard InChI is InChI=1S/C16H22N2O4S/c19-16(17-13-15-7-4-11-22-15)8-10-18-23(20,21)12-9-14-5-2-1-3-6-14/h1-3,5-6,9,12,15,18H,4,7-8,10-11,13H2,(H,17,19)/b12-9+. The van der Waals surface area contributed by atoms with E-state index >= 15 is 0 Å². The highest BCUT2D eigenvalue weighted by Gasteiger charge is 2.16. The molecule has 0 radical (unpaired) electrons. The van der Waals surface area contributed by atoms with Gasteiger partial charge in [0.05, 0.1) is 6.10 Å². The first-order chi connectivity index (χ1) is 11.1. The van der Waals surface area contributed by atoms with E-state index in [2.05, 4.69) is 10.0 Å². The molecule has 1 unspecified atom stereocenters. The zero-order chi connectivity index (χ0) is 16.5. The van der Waals surface area contributed by atoms with E-state index in [4.69, 9.17) is 4.74 Å². The van der Waals surface area contributed by atoms with Crippen LogP contribution in [0.15, 0.2) is 35.7 Å². The largest absolute Gasteiger partial charge is 0.376 e. The molecule has 0 saturated carbocycles. The number of sulfonamides is 1. The van der Waals surface area contributed by atoms with Gasteiger partial charge in [0.15, 0.2) is 0 Å². The van der Waals surface area contributed by atoms with E-state index in [1.54, 1.807) is 0 Å². The molecule has 23 heavy (non-hydrogen) atoms. The molecule has 1 fully saturated rings.